The molecule has 4 unspecified atom stereocenters. The van der Waals surface area contributed by atoms with Gasteiger partial charge in [-0.2, -0.15) is 13.2 Å². The van der Waals surface area contributed by atoms with E-state index in [1.54, 1.807) is 6.07 Å². The van der Waals surface area contributed by atoms with Crippen molar-refractivity contribution in [3.8, 4) is 0 Å². The van der Waals surface area contributed by atoms with Crippen molar-refractivity contribution >= 4 is 5.69 Å². The van der Waals surface area contributed by atoms with Gasteiger partial charge in [-0.15, -0.1) is 0 Å². The molecule has 2 aromatic carbocycles. The van der Waals surface area contributed by atoms with Crippen LogP contribution in [0.25, 0.3) is 0 Å². The summed E-state index contributed by atoms with van der Waals surface area (Å²) in [4.78, 5) is 0. The van der Waals surface area contributed by atoms with E-state index in [-0.39, 0.29) is 24.5 Å². The monoisotopic (exact) mass is 420 g/mol. The van der Waals surface area contributed by atoms with E-state index in [9.17, 15) is 13.2 Å². The summed E-state index contributed by atoms with van der Waals surface area (Å²) >= 11 is 0. The molecule has 3 N–H and O–H groups in total. The second-order valence-corrected chi connectivity index (χ2v) is 8.22. The van der Waals surface area contributed by atoms with Gasteiger partial charge < -0.3 is 15.7 Å². The zero-order valence-corrected chi connectivity index (χ0v) is 17.5. The van der Waals surface area contributed by atoms with Crippen molar-refractivity contribution in [2.45, 2.75) is 44.8 Å². The van der Waals surface area contributed by atoms with Crippen molar-refractivity contribution in [2.75, 3.05) is 25.0 Å². The molecule has 2 aromatic rings. The van der Waals surface area contributed by atoms with E-state index in [1.165, 1.54) is 6.07 Å². The fourth-order valence-corrected chi connectivity index (χ4v) is 4.54. The minimum Gasteiger partial charge on any atom is -0.395 e. The van der Waals surface area contributed by atoms with Crippen molar-refractivity contribution in [3.05, 3.63) is 65.2 Å². The lowest BCUT2D eigenvalue weighted by Crippen LogP contribution is -2.34. The zero-order chi connectivity index (χ0) is 21.7. The lowest BCUT2D eigenvalue weighted by molar-refractivity contribution is -0.137. The number of aliphatic hydroxyl groups is 1. The summed E-state index contributed by atoms with van der Waals surface area (Å²) < 4.78 is 39.9. The van der Waals surface area contributed by atoms with E-state index < -0.39 is 11.7 Å². The Labute approximate surface area is 176 Å². The van der Waals surface area contributed by atoms with Crippen LogP contribution in [-0.2, 0) is 6.18 Å². The molecule has 0 spiro atoms. The van der Waals surface area contributed by atoms with Gasteiger partial charge in [0.05, 0.1) is 18.2 Å². The summed E-state index contributed by atoms with van der Waals surface area (Å²) in [7, 11) is 0. The van der Waals surface area contributed by atoms with Crippen LogP contribution in [0.2, 0.25) is 0 Å². The number of hydrogen-bond donors (Lipinski definition) is 3. The number of hydrogen-bond acceptors (Lipinski definition) is 3. The zero-order valence-electron chi connectivity index (χ0n) is 17.5. The van der Waals surface area contributed by atoms with Gasteiger partial charge in [-0.05, 0) is 60.0 Å². The van der Waals surface area contributed by atoms with Gasteiger partial charge in [0.25, 0.3) is 0 Å². The third-order valence-electron chi connectivity index (χ3n) is 6.31. The lowest BCUT2D eigenvalue weighted by atomic mass is 9.71. The summed E-state index contributed by atoms with van der Waals surface area (Å²) in [5.41, 5.74) is 2.08. The molecule has 3 nitrogen and oxygen atoms in total. The Hall–Kier alpha value is -2.05. The molecule has 6 heteroatoms. The highest BCUT2D eigenvalue weighted by Gasteiger charge is 2.38. The van der Waals surface area contributed by atoms with E-state index in [4.69, 9.17) is 5.11 Å². The summed E-state index contributed by atoms with van der Waals surface area (Å²) in [6.45, 7) is 5.62. The van der Waals surface area contributed by atoms with Gasteiger partial charge in [0.1, 0.15) is 0 Å². The summed E-state index contributed by atoms with van der Waals surface area (Å²) in [5.74, 6) is 0.522. The Kier molecular flexibility index (Phi) is 7.42. The highest BCUT2D eigenvalue weighted by molar-refractivity contribution is 5.59. The number of halogens is 3. The molecular formula is C24H31F3N2O. The van der Waals surface area contributed by atoms with Crippen LogP contribution in [0.15, 0.2) is 48.5 Å². The Morgan fingerprint density at radius 2 is 1.87 bits per heavy atom. The predicted molar refractivity (Wildman–Crippen MR) is 115 cm³/mol. The van der Waals surface area contributed by atoms with Crippen LogP contribution in [-0.4, -0.2) is 24.8 Å². The SMILES string of the molecule is CCC(CNCCO)CC1C(C)c2cc(C(F)(F)F)ccc2NC1c1ccccc1. The second-order valence-electron chi connectivity index (χ2n) is 8.22. The molecule has 164 valence electrons. The van der Waals surface area contributed by atoms with Crippen molar-refractivity contribution in [3.63, 3.8) is 0 Å². The minimum absolute atomic E-state index is 0.0133. The molecular weight excluding hydrogens is 389 g/mol. The first-order valence-electron chi connectivity index (χ1n) is 10.7. The number of benzene rings is 2. The van der Waals surface area contributed by atoms with Crippen molar-refractivity contribution in [2.24, 2.45) is 11.8 Å². The van der Waals surface area contributed by atoms with Crippen molar-refractivity contribution in [1.29, 1.82) is 0 Å². The Bertz CT molecular complexity index is 810. The van der Waals surface area contributed by atoms with Crippen LogP contribution >= 0.6 is 0 Å². The molecule has 1 heterocycles. The van der Waals surface area contributed by atoms with E-state index in [0.717, 1.165) is 42.3 Å². The maximum Gasteiger partial charge on any atom is 0.416 e. The third kappa shape index (κ3) is 5.16. The molecule has 0 saturated carbocycles. The molecule has 0 saturated heterocycles. The van der Waals surface area contributed by atoms with Crippen LogP contribution < -0.4 is 10.6 Å². The van der Waals surface area contributed by atoms with E-state index in [0.29, 0.717) is 12.5 Å². The molecule has 0 amide bonds. The lowest BCUT2D eigenvalue weighted by Gasteiger charge is -2.41. The molecule has 0 bridgehead atoms. The van der Waals surface area contributed by atoms with Crippen LogP contribution in [0.3, 0.4) is 0 Å². The molecule has 3 rings (SSSR count). The number of rotatable bonds is 8. The van der Waals surface area contributed by atoms with Crippen LogP contribution in [0.4, 0.5) is 18.9 Å². The quantitative estimate of drug-likeness (QED) is 0.488. The minimum atomic E-state index is -4.35. The molecule has 1 aliphatic heterocycles. The number of nitrogens with one attached hydrogen (secondary N) is 2. The van der Waals surface area contributed by atoms with E-state index >= 15 is 0 Å². The van der Waals surface area contributed by atoms with Crippen LogP contribution in [0, 0.1) is 11.8 Å². The third-order valence-corrected chi connectivity index (χ3v) is 6.31. The standard InChI is InChI=1S/C24H31F3N2O/c1-3-17(15-28-11-12-30)13-21-16(2)20-14-19(24(25,26)27)9-10-22(20)29-23(21)18-7-5-4-6-8-18/h4-10,14,16-17,21,23,28-30H,3,11-13,15H2,1-2H3. The van der Waals surface area contributed by atoms with Crippen molar-refractivity contribution in [1.82, 2.24) is 5.32 Å². The summed E-state index contributed by atoms with van der Waals surface area (Å²) in [6.07, 6.45) is -2.49. The first-order valence-corrected chi connectivity index (χ1v) is 10.7. The highest BCUT2D eigenvalue weighted by Crippen LogP contribution is 2.48. The Morgan fingerprint density at radius 1 is 1.13 bits per heavy atom. The van der Waals surface area contributed by atoms with Gasteiger partial charge in [0, 0.05) is 12.2 Å². The summed E-state index contributed by atoms with van der Waals surface area (Å²) in [5, 5.41) is 15.9. The Morgan fingerprint density at radius 3 is 2.50 bits per heavy atom. The van der Waals surface area contributed by atoms with Gasteiger partial charge in [0.15, 0.2) is 0 Å². The second kappa shape index (κ2) is 9.84. The maximum atomic E-state index is 13.3. The molecule has 0 radical (unpaired) electrons. The van der Waals surface area contributed by atoms with Crippen molar-refractivity contribution < 1.29 is 18.3 Å². The molecule has 0 aromatic heterocycles. The predicted octanol–water partition coefficient (Wildman–Crippen LogP) is 5.59. The topological polar surface area (TPSA) is 44.3 Å². The summed E-state index contributed by atoms with van der Waals surface area (Å²) in [6, 6.07) is 14.2. The number of alkyl halides is 3. The smallest absolute Gasteiger partial charge is 0.395 e. The van der Waals surface area contributed by atoms with Gasteiger partial charge in [0.2, 0.25) is 0 Å². The van der Waals surface area contributed by atoms with Gasteiger partial charge in [-0.25, -0.2) is 0 Å². The average Bonchev–Trinajstić information content (AvgIpc) is 2.74. The average molecular weight is 421 g/mol. The van der Waals surface area contributed by atoms with Gasteiger partial charge in [-0.1, -0.05) is 50.6 Å². The van der Waals surface area contributed by atoms with Gasteiger partial charge in [-0.3, -0.25) is 0 Å². The molecule has 1 aliphatic rings. The van der Waals surface area contributed by atoms with E-state index in [2.05, 4.69) is 29.7 Å². The fraction of sp³-hybridized carbons (Fsp3) is 0.500. The molecule has 30 heavy (non-hydrogen) atoms. The van der Waals surface area contributed by atoms with Crippen LogP contribution in [0.5, 0.6) is 0 Å². The number of anilines is 1. The first-order chi connectivity index (χ1) is 14.3. The van der Waals surface area contributed by atoms with E-state index in [1.807, 2.05) is 25.1 Å². The fourth-order valence-electron chi connectivity index (χ4n) is 4.54. The normalized spacial score (nSPS) is 22.3. The molecule has 0 fully saturated rings. The molecule has 0 aliphatic carbocycles. The molecule has 4 atom stereocenters. The highest BCUT2D eigenvalue weighted by atomic mass is 19.4. The Balaban J connectivity index is 1.94. The largest absolute Gasteiger partial charge is 0.416 e. The maximum absolute atomic E-state index is 13.3. The number of aliphatic hydroxyl groups excluding tert-OH is 1. The number of fused-ring (bicyclic) bond motifs is 1. The first kappa shape index (κ1) is 22.6. The van der Waals surface area contributed by atoms with Crippen LogP contribution in [0.1, 0.15) is 55.3 Å². The van der Waals surface area contributed by atoms with Gasteiger partial charge >= 0.3 is 6.18 Å².